The molecule has 1 amide bonds. The Morgan fingerprint density at radius 1 is 0.974 bits per heavy atom. The number of carbonyl (C=O) groups excluding carboxylic acids is 1. The molecule has 39 heavy (non-hydrogen) atoms. The van der Waals surface area contributed by atoms with E-state index in [1.54, 1.807) is 23.1 Å². The zero-order chi connectivity index (χ0) is 27.1. The maximum Gasteiger partial charge on any atom is 0.306 e. The summed E-state index contributed by atoms with van der Waals surface area (Å²) in [5.74, 6) is -1.09. The number of nitrogens with zero attached hydrogens (tertiary/aromatic N) is 3. The number of carboxylic acid groups (broad SMARTS) is 1. The Balaban J connectivity index is 1.28. The summed E-state index contributed by atoms with van der Waals surface area (Å²) in [4.78, 5) is 36.4. The highest BCUT2D eigenvalue weighted by Gasteiger charge is 2.33. The molecule has 6 nitrogen and oxygen atoms in total. The summed E-state index contributed by atoms with van der Waals surface area (Å²) in [5, 5.41) is 10.1. The molecule has 6 rings (SSSR count). The lowest BCUT2D eigenvalue weighted by atomic mass is 9.91. The second-order valence-corrected chi connectivity index (χ2v) is 11.0. The number of amides is 1. The SMILES string of the molecule is O=C(O)C1CCC(Cc2nc3cc(C(=O)N4CC(c5cccc(F)c5)C4)ccc3nc2-c2ccc(Cl)cc2)C1. The molecule has 4 aromatic rings. The average Bonchev–Trinajstić information content (AvgIpc) is 3.37. The first-order valence-electron chi connectivity index (χ1n) is 13.2. The molecule has 2 atom stereocenters. The van der Waals surface area contributed by atoms with Crippen molar-refractivity contribution in [3.8, 4) is 11.3 Å². The van der Waals surface area contributed by atoms with Gasteiger partial charge in [-0.15, -0.1) is 0 Å². The molecule has 1 aliphatic heterocycles. The van der Waals surface area contributed by atoms with E-state index in [-0.39, 0.29) is 29.5 Å². The third-order valence-corrected chi connectivity index (χ3v) is 8.21. The maximum absolute atomic E-state index is 13.6. The minimum Gasteiger partial charge on any atom is -0.481 e. The predicted molar refractivity (Wildman–Crippen MR) is 147 cm³/mol. The Morgan fingerprint density at radius 3 is 2.49 bits per heavy atom. The van der Waals surface area contributed by atoms with Crippen molar-refractivity contribution in [2.45, 2.75) is 31.6 Å². The summed E-state index contributed by atoms with van der Waals surface area (Å²) < 4.78 is 13.6. The molecule has 1 aromatic heterocycles. The van der Waals surface area contributed by atoms with E-state index in [1.807, 2.05) is 36.4 Å². The van der Waals surface area contributed by atoms with E-state index in [0.717, 1.165) is 28.9 Å². The lowest BCUT2D eigenvalue weighted by Gasteiger charge is -2.39. The topological polar surface area (TPSA) is 83.4 Å². The van der Waals surface area contributed by atoms with Crippen LogP contribution in [0.3, 0.4) is 0 Å². The second-order valence-electron chi connectivity index (χ2n) is 10.6. The fraction of sp³-hybridized carbons (Fsp3) is 0.290. The van der Waals surface area contributed by atoms with Crippen LogP contribution in [0.25, 0.3) is 22.3 Å². The molecular weight excluding hydrogens is 517 g/mol. The Hall–Kier alpha value is -3.84. The van der Waals surface area contributed by atoms with Gasteiger partial charge in [0, 0.05) is 35.2 Å². The average molecular weight is 544 g/mol. The van der Waals surface area contributed by atoms with E-state index in [9.17, 15) is 19.1 Å². The molecule has 2 heterocycles. The third-order valence-electron chi connectivity index (χ3n) is 7.96. The van der Waals surface area contributed by atoms with Gasteiger partial charge < -0.3 is 10.0 Å². The summed E-state index contributed by atoms with van der Waals surface area (Å²) in [6, 6.07) is 19.4. The van der Waals surface area contributed by atoms with Crippen LogP contribution in [0.1, 0.15) is 46.8 Å². The monoisotopic (exact) mass is 543 g/mol. The zero-order valence-electron chi connectivity index (χ0n) is 21.2. The van der Waals surface area contributed by atoms with Gasteiger partial charge in [-0.25, -0.2) is 14.4 Å². The van der Waals surface area contributed by atoms with E-state index < -0.39 is 5.97 Å². The van der Waals surface area contributed by atoms with Crippen LogP contribution >= 0.6 is 11.6 Å². The summed E-state index contributed by atoms with van der Waals surface area (Å²) in [6.45, 7) is 1.08. The number of aromatic nitrogens is 2. The smallest absolute Gasteiger partial charge is 0.306 e. The van der Waals surface area contributed by atoms with Gasteiger partial charge in [-0.2, -0.15) is 0 Å². The van der Waals surface area contributed by atoms with Crippen LogP contribution in [0.4, 0.5) is 4.39 Å². The van der Waals surface area contributed by atoms with E-state index in [4.69, 9.17) is 21.6 Å². The Labute approximate surface area is 230 Å². The standard InChI is InChI=1S/C31H27ClFN3O3/c32-24-9-6-19(7-10-24)29-28(13-18-4-5-22(12-18)31(38)39)34-27-15-21(8-11-26(27)35-29)30(37)36-16-23(17-36)20-2-1-3-25(33)14-20/h1-3,6-11,14-15,18,22-23H,4-5,12-13,16-17H2,(H,38,39). The number of rotatable bonds is 6. The van der Waals surface area contributed by atoms with Gasteiger partial charge in [0.25, 0.3) is 5.91 Å². The van der Waals surface area contributed by atoms with Crippen molar-refractivity contribution in [3.63, 3.8) is 0 Å². The van der Waals surface area contributed by atoms with Crippen LogP contribution in [0.2, 0.25) is 5.02 Å². The van der Waals surface area contributed by atoms with Gasteiger partial charge in [-0.1, -0.05) is 35.9 Å². The summed E-state index contributed by atoms with van der Waals surface area (Å²) >= 11 is 6.11. The van der Waals surface area contributed by atoms with Crippen molar-refractivity contribution in [1.29, 1.82) is 0 Å². The lowest BCUT2D eigenvalue weighted by molar-refractivity contribution is -0.141. The second kappa shape index (κ2) is 10.4. The highest BCUT2D eigenvalue weighted by molar-refractivity contribution is 6.30. The van der Waals surface area contributed by atoms with Crippen molar-refractivity contribution in [2.75, 3.05) is 13.1 Å². The minimum atomic E-state index is -0.742. The van der Waals surface area contributed by atoms with Gasteiger partial charge in [0.15, 0.2) is 0 Å². The molecule has 1 N–H and O–H groups in total. The Morgan fingerprint density at radius 2 is 1.77 bits per heavy atom. The van der Waals surface area contributed by atoms with Crippen LogP contribution in [0.15, 0.2) is 66.7 Å². The first kappa shape index (κ1) is 25.4. The molecule has 3 aromatic carbocycles. The Kier molecular flexibility index (Phi) is 6.77. The minimum absolute atomic E-state index is 0.0882. The Bertz CT molecular complexity index is 1570. The van der Waals surface area contributed by atoms with Gasteiger partial charge in [-0.3, -0.25) is 9.59 Å². The van der Waals surface area contributed by atoms with Crippen molar-refractivity contribution in [2.24, 2.45) is 11.8 Å². The normalized spacial score (nSPS) is 19.3. The molecule has 198 valence electrons. The molecule has 2 aliphatic rings. The number of fused-ring (bicyclic) bond motifs is 1. The molecular formula is C31H27ClFN3O3. The van der Waals surface area contributed by atoms with E-state index in [0.29, 0.717) is 54.0 Å². The zero-order valence-corrected chi connectivity index (χ0v) is 21.9. The first-order chi connectivity index (χ1) is 18.8. The fourth-order valence-corrected chi connectivity index (χ4v) is 5.89. The summed E-state index contributed by atoms with van der Waals surface area (Å²) in [6.07, 6.45) is 2.73. The van der Waals surface area contributed by atoms with Gasteiger partial charge in [-0.05, 0) is 79.6 Å². The van der Waals surface area contributed by atoms with Crippen LogP contribution in [-0.4, -0.2) is 44.9 Å². The van der Waals surface area contributed by atoms with Crippen LogP contribution < -0.4 is 0 Å². The number of hydrogen-bond acceptors (Lipinski definition) is 4. The fourth-order valence-electron chi connectivity index (χ4n) is 5.76. The van der Waals surface area contributed by atoms with Crippen molar-refractivity contribution in [3.05, 3.63) is 94.4 Å². The van der Waals surface area contributed by atoms with Gasteiger partial charge in [0.05, 0.1) is 28.3 Å². The van der Waals surface area contributed by atoms with Crippen molar-refractivity contribution >= 4 is 34.5 Å². The molecule has 1 saturated carbocycles. The molecule has 0 bridgehead atoms. The van der Waals surface area contributed by atoms with E-state index in [2.05, 4.69) is 0 Å². The first-order valence-corrected chi connectivity index (χ1v) is 13.6. The molecule has 8 heteroatoms. The van der Waals surface area contributed by atoms with Crippen LogP contribution in [-0.2, 0) is 11.2 Å². The van der Waals surface area contributed by atoms with Gasteiger partial charge >= 0.3 is 5.97 Å². The van der Waals surface area contributed by atoms with Crippen LogP contribution in [0.5, 0.6) is 0 Å². The highest BCUT2D eigenvalue weighted by Crippen LogP contribution is 2.36. The third kappa shape index (κ3) is 5.23. The lowest BCUT2D eigenvalue weighted by Crippen LogP contribution is -2.48. The molecule has 2 fully saturated rings. The summed E-state index contributed by atoms with van der Waals surface area (Å²) in [5.41, 5.74) is 5.17. The molecule has 1 aliphatic carbocycles. The number of benzene rings is 3. The largest absolute Gasteiger partial charge is 0.481 e. The van der Waals surface area contributed by atoms with Gasteiger partial charge in [0.1, 0.15) is 5.82 Å². The number of halogens is 2. The molecule has 1 saturated heterocycles. The number of aliphatic carboxylic acids is 1. The quantitative estimate of drug-likeness (QED) is 0.305. The predicted octanol–water partition coefficient (Wildman–Crippen LogP) is 6.37. The number of hydrogen-bond donors (Lipinski definition) is 1. The molecule has 2 unspecified atom stereocenters. The highest BCUT2D eigenvalue weighted by atomic mass is 35.5. The van der Waals surface area contributed by atoms with E-state index >= 15 is 0 Å². The molecule has 0 radical (unpaired) electrons. The maximum atomic E-state index is 13.6. The number of carbonyl (C=O) groups is 2. The van der Waals surface area contributed by atoms with Gasteiger partial charge in [0.2, 0.25) is 0 Å². The number of likely N-dealkylation sites (tertiary alicyclic amines) is 1. The van der Waals surface area contributed by atoms with E-state index in [1.165, 1.54) is 12.1 Å². The van der Waals surface area contributed by atoms with Crippen molar-refractivity contribution in [1.82, 2.24) is 14.9 Å². The summed E-state index contributed by atoms with van der Waals surface area (Å²) in [7, 11) is 0. The molecule has 0 spiro atoms. The number of carboxylic acids is 1. The van der Waals surface area contributed by atoms with Crippen LogP contribution in [0, 0.1) is 17.7 Å². The van der Waals surface area contributed by atoms with Crippen molar-refractivity contribution < 1.29 is 19.1 Å².